The van der Waals surface area contributed by atoms with Gasteiger partial charge < -0.3 is 14.8 Å². The standard InChI is InChI=1S/C30H34N2O5S/c1-20-5-9-23(32-28(33)30(13-14-30)22-8-12-26-27(17-22)37-19-36-26)18-25(20)21-6-10-24(11-7-21)38(34,35)31-16-15-29(2,3)4/h5-12,17-18,31H,13-16,19H2,1-4H3,(H,32,33). The van der Waals surface area contributed by atoms with Gasteiger partial charge in [-0.3, -0.25) is 4.79 Å². The Hall–Kier alpha value is -3.36. The van der Waals surface area contributed by atoms with Crippen LogP contribution in [0.5, 0.6) is 11.5 Å². The zero-order chi connectivity index (χ0) is 27.1. The van der Waals surface area contributed by atoms with Gasteiger partial charge in [0.2, 0.25) is 22.7 Å². The first-order valence-electron chi connectivity index (χ1n) is 12.9. The molecule has 1 saturated carbocycles. The minimum atomic E-state index is -3.58. The monoisotopic (exact) mass is 534 g/mol. The van der Waals surface area contributed by atoms with Crippen LogP contribution in [0.2, 0.25) is 0 Å². The van der Waals surface area contributed by atoms with Crippen molar-refractivity contribution in [1.29, 1.82) is 0 Å². The molecule has 0 spiro atoms. The molecule has 0 radical (unpaired) electrons. The molecule has 1 aliphatic heterocycles. The number of anilines is 1. The Labute approximate surface area is 224 Å². The van der Waals surface area contributed by atoms with Gasteiger partial charge in [0, 0.05) is 12.2 Å². The van der Waals surface area contributed by atoms with Crippen molar-refractivity contribution in [2.45, 2.75) is 57.3 Å². The van der Waals surface area contributed by atoms with E-state index in [4.69, 9.17) is 9.47 Å². The van der Waals surface area contributed by atoms with Crippen LogP contribution in [0.3, 0.4) is 0 Å². The van der Waals surface area contributed by atoms with Crippen LogP contribution in [0, 0.1) is 12.3 Å². The molecule has 3 aromatic rings. The number of amides is 1. The molecule has 2 N–H and O–H groups in total. The van der Waals surface area contributed by atoms with E-state index in [1.807, 2.05) is 43.3 Å². The summed E-state index contributed by atoms with van der Waals surface area (Å²) >= 11 is 0. The van der Waals surface area contributed by atoms with E-state index in [1.54, 1.807) is 24.3 Å². The minimum absolute atomic E-state index is 0.0473. The highest BCUT2D eigenvalue weighted by atomic mass is 32.2. The molecule has 1 fully saturated rings. The fourth-order valence-electron chi connectivity index (χ4n) is 4.68. The number of hydrogen-bond acceptors (Lipinski definition) is 5. The summed E-state index contributed by atoms with van der Waals surface area (Å²) in [6.07, 6.45) is 2.30. The summed E-state index contributed by atoms with van der Waals surface area (Å²) in [5.41, 5.74) is 3.95. The molecule has 1 aliphatic carbocycles. The molecule has 2 aliphatic rings. The Kier molecular flexibility index (Phi) is 6.73. The molecule has 1 amide bonds. The second kappa shape index (κ2) is 9.75. The van der Waals surface area contributed by atoms with E-state index in [2.05, 4.69) is 30.8 Å². The van der Waals surface area contributed by atoms with E-state index in [0.717, 1.165) is 41.5 Å². The number of fused-ring (bicyclic) bond motifs is 1. The topological polar surface area (TPSA) is 93.7 Å². The largest absolute Gasteiger partial charge is 0.454 e. The Morgan fingerprint density at radius 2 is 1.66 bits per heavy atom. The van der Waals surface area contributed by atoms with Gasteiger partial charge in [0.15, 0.2) is 11.5 Å². The number of benzene rings is 3. The molecule has 1 heterocycles. The summed E-state index contributed by atoms with van der Waals surface area (Å²) in [7, 11) is -3.58. The Morgan fingerprint density at radius 1 is 0.947 bits per heavy atom. The van der Waals surface area contributed by atoms with Crippen LogP contribution in [0.4, 0.5) is 5.69 Å². The molecule has 7 nitrogen and oxygen atoms in total. The van der Waals surface area contributed by atoms with Crippen molar-refractivity contribution in [3.05, 3.63) is 71.8 Å². The summed E-state index contributed by atoms with van der Waals surface area (Å²) in [5, 5.41) is 3.10. The summed E-state index contributed by atoms with van der Waals surface area (Å²) in [6.45, 7) is 8.83. The molecule has 200 valence electrons. The van der Waals surface area contributed by atoms with E-state index < -0.39 is 15.4 Å². The van der Waals surface area contributed by atoms with Gasteiger partial charge in [0.05, 0.1) is 10.3 Å². The molecule has 0 aromatic heterocycles. The number of sulfonamides is 1. The summed E-state index contributed by atoms with van der Waals surface area (Å²) in [4.78, 5) is 13.6. The van der Waals surface area contributed by atoms with Gasteiger partial charge in [-0.2, -0.15) is 0 Å². The maximum absolute atomic E-state index is 13.4. The summed E-state index contributed by atoms with van der Waals surface area (Å²) in [6, 6.07) is 18.4. The van der Waals surface area contributed by atoms with Crippen molar-refractivity contribution in [1.82, 2.24) is 4.72 Å². The van der Waals surface area contributed by atoms with Crippen LogP contribution in [0.25, 0.3) is 11.1 Å². The van der Waals surface area contributed by atoms with E-state index in [0.29, 0.717) is 23.7 Å². The maximum atomic E-state index is 13.4. The van der Waals surface area contributed by atoms with Gasteiger partial charge in [-0.25, -0.2) is 13.1 Å². The number of ether oxygens (including phenoxy) is 2. The third kappa shape index (κ3) is 5.42. The van der Waals surface area contributed by atoms with E-state index in [9.17, 15) is 13.2 Å². The van der Waals surface area contributed by atoms with Crippen molar-refractivity contribution >= 4 is 21.6 Å². The summed E-state index contributed by atoms with van der Waals surface area (Å²) < 4.78 is 39.0. The summed E-state index contributed by atoms with van der Waals surface area (Å²) in [5.74, 6) is 1.33. The van der Waals surface area contributed by atoms with Crippen LogP contribution in [0.15, 0.2) is 65.6 Å². The van der Waals surface area contributed by atoms with Gasteiger partial charge in [-0.15, -0.1) is 0 Å². The van der Waals surface area contributed by atoms with E-state index in [-0.39, 0.29) is 23.0 Å². The molecule has 38 heavy (non-hydrogen) atoms. The number of aryl methyl sites for hydroxylation is 1. The van der Waals surface area contributed by atoms with E-state index >= 15 is 0 Å². The lowest BCUT2D eigenvalue weighted by atomic mass is 9.93. The highest BCUT2D eigenvalue weighted by molar-refractivity contribution is 7.89. The van der Waals surface area contributed by atoms with Crippen LogP contribution in [-0.2, 0) is 20.2 Å². The van der Waals surface area contributed by atoms with Gasteiger partial charge in [-0.1, -0.05) is 45.0 Å². The predicted octanol–water partition coefficient (Wildman–Crippen LogP) is 5.78. The fraction of sp³-hybridized carbons (Fsp3) is 0.367. The number of hydrogen-bond donors (Lipinski definition) is 2. The van der Waals surface area contributed by atoms with Crippen molar-refractivity contribution < 1.29 is 22.7 Å². The molecule has 0 saturated heterocycles. The highest BCUT2D eigenvalue weighted by Gasteiger charge is 2.51. The quantitative estimate of drug-likeness (QED) is 0.382. The van der Waals surface area contributed by atoms with Gasteiger partial charge >= 0.3 is 0 Å². The lowest BCUT2D eigenvalue weighted by Crippen LogP contribution is -2.27. The highest BCUT2D eigenvalue weighted by Crippen LogP contribution is 2.51. The van der Waals surface area contributed by atoms with Crippen LogP contribution in [-0.4, -0.2) is 27.7 Å². The van der Waals surface area contributed by atoms with Crippen LogP contribution >= 0.6 is 0 Å². The lowest BCUT2D eigenvalue weighted by molar-refractivity contribution is -0.118. The average Bonchev–Trinajstić information content (AvgIpc) is 3.55. The van der Waals surface area contributed by atoms with Gasteiger partial charge in [0.25, 0.3) is 0 Å². The molecule has 0 atom stereocenters. The van der Waals surface area contributed by atoms with Crippen molar-refractivity contribution in [2.24, 2.45) is 5.41 Å². The molecule has 0 bridgehead atoms. The third-order valence-corrected chi connectivity index (χ3v) is 8.72. The van der Waals surface area contributed by atoms with Gasteiger partial charge in [-0.05, 0) is 90.3 Å². The van der Waals surface area contributed by atoms with Crippen LogP contribution < -0.4 is 19.5 Å². The lowest BCUT2D eigenvalue weighted by Gasteiger charge is -2.18. The molecular formula is C30H34N2O5S. The van der Waals surface area contributed by atoms with Gasteiger partial charge in [0.1, 0.15) is 0 Å². The minimum Gasteiger partial charge on any atom is -0.454 e. The van der Waals surface area contributed by atoms with Crippen molar-refractivity contribution in [3.63, 3.8) is 0 Å². The smallest absolute Gasteiger partial charge is 0.240 e. The Balaban J connectivity index is 1.31. The molecule has 5 rings (SSSR count). The molecule has 0 unspecified atom stereocenters. The maximum Gasteiger partial charge on any atom is 0.240 e. The predicted molar refractivity (Wildman–Crippen MR) is 148 cm³/mol. The second-order valence-electron chi connectivity index (χ2n) is 11.4. The SMILES string of the molecule is Cc1ccc(NC(=O)C2(c3ccc4c(c3)OCO4)CC2)cc1-c1ccc(S(=O)(=O)NCCC(C)(C)C)cc1. The van der Waals surface area contributed by atoms with E-state index in [1.165, 1.54) is 0 Å². The number of nitrogens with one attached hydrogen (secondary N) is 2. The number of carbonyl (C=O) groups excluding carboxylic acids is 1. The van der Waals surface area contributed by atoms with Crippen LogP contribution in [0.1, 0.15) is 51.2 Å². The zero-order valence-corrected chi connectivity index (χ0v) is 23.1. The average molecular weight is 535 g/mol. The zero-order valence-electron chi connectivity index (χ0n) is 22.3. The molecular weight excluding hydrogens is 500 g/mol. The number of rotatable bonds is 8. The fourth-order valence-corrected chi connectivity index (χ4v) is 5.72. The first kappa shape index (κ1) is 26.3. The molecule has 3 aromatic carbocycles. The third-order valence-electron chi connectivity index (χ3n) is 7.25. The first-order valence-corrected chi connectivity index (χ1v) is 14.4. The van der Waals surface area contributed by atoms with Crippen molar-refractivity contribution in [3.8, 4) is 22.6 Å². The Morgan fingerprint density at radius 3 is 2.34 bits per heavy atom. The second-order valence-corrected chi connectivity index (χ2v) is 13.1. The van der Waals surface area contributed by atoms with Crippen molar-refractivity contribution in [2.75, 3.05) is 18.7 Å². The molecule has 8 heteroatoms. The Bertz CT molecular complexity index is 1470. The number of carbonyl (C=O) groups is 1. The first-order chi connectivity index (χ1) is 18.0. The normalized spacial score (nSPS) is 15.8.